The highest BCUT2D eigenvalue weighted by Gasteiger charge is 2.07. The molecule has 0 amide bonds. The number of esters is 1. The van der Waals surface area contributed by atoms with Gasteiger partial charge in [0.2, 0.25) is 0 Å². The second-order valence-electron chi connectivity index (χ2n) is 3.69. The Balaban J connectivity index is 2.72. The van der Waals surface area contributed by atoms with Crippen molar-refractivity contribution >= 4 is 32.7 Å². The van der Waals surface area contributed by atoms with E-state index in [1.807, 2.05) is 0 Å². The molecule has 2 rings (SSSR count). The summed E-state index contributed by atoms with van der Waals surface area (Å²) in [6.45, 7) is 1.32. The summed E-state index contributed by atoms with van der Waals surface area (Å²) >= 11 is 3.39. The molecule has 0 saturated heterocycles. The largest absolute Gasteiger partial charge is 0.427 e. The molecule has 0 N–H and O–H groups in total. The number of pyridine rings is 1. The monoisotopic (exact) mass is 295 g/mol. The molecule has 2 aromatic rings. The topological polar surface area (TPSA) is 48.3 Å². The molecule has 4 nitrogen and oxygen atoms in total. The number of carbonyl (C=O) groups is 1. The number of aryl methyl sites for hydroxylation is 1. The normalized spacial score (nSPS) is 10.5. The van der Waals surface area contributed by atoms with E-state index in [4.69, 9.17) is 4.74 Å². The van der Waals surface area contributed by atoms with Crippen LogP contribution in [0.25, 0.3) is 10.8 Å². The number of rotatable bonds is 1. The van der Waals surface area contributed by atoms with Crippen LogP contribution in [0.2, 0.25) is 0 Å². The zero-order chi connectivity index (χ0) is 12.6. The average molecular weight is 296 g/mol. The van der Waals surface area contributed by atoms with E-state index in [1.54, 1.807) is 31.4 Å². The summed E-state index contributed by atoms with van der Waals surface area (Å²) in [5.74, 6) is -0.0311. The predicted molar refractivity (Wildman–Crippen MR) is 68.2 cm³/mol. The third-order valence-electron chi connectivity index (χ3n) is 2.37. The van der Waals surface area contributed by atoms with E-state index in [2.05, 4.69) is 15.9 Å². The van der Waals surface area contributed by atoms with Crippen LogP contribution in [0, 0.1) is 0 Å². The van der Waals surface area contributed by atoms with Gasteiger partial charge in [-0.15, -0.1) is 0 Å². The molecule has 0 bridgehead atoms. The molecule has 0 spiro atoms. The third kappa shape index (κ3) is 2.24. The minimum absolute atomic E-state index is 0.128. The predicted octanol–water partition coefficient (Wildman–Crippen LogP) is 2.23. The van der Waals surface area contributed by atoms with Gasteiger partial charge in [0, 0.05) is 30.0 Å². The van der Waals surface area contributed by atoms with Gasteiger partial charge in [0.15, 0.2) is 0 Å². The number of carbonyl (C=O) groups excluding carboxylic acids is 1. The van der Waals surface area contributed by atoms with Crippen LogP contribution in [-0.4, -0.2) is 10.5 Å². The highest BCUT2D eigenvalue weighted by molar-refractivity contribution is 9.10. The van der Waals surface area contributed by atoms with Gasteiger partial charge in [-0.3, -0.25) is 9.59 Å². The molecule has 88 valence electrons. The molecule has 0 saturated carbocycles. The van der Waals surface area contributed by atoms with E-state index in [9.17, 15) is 9.59 Å². The highest BCUT2D eigenvalue weighted by Crippen LogP contribution is 2.24. The molecule has 0 aliphatic heterocycles. The first-order valence-electron chi connectivity index (χ1n) is 4.96. The van der Waals surface area contributed by atoms with E-state index >= 15 is 0 Å². The van der Waals surface area contributed by atoms with E-state index in [0.717, 1.165) is 9.86 Å². The Morgan fingerprint density at radius 3 is 2.71 bits per heavy atom. The maximum absolute atomic E-state index is 11.9. The average Bonchev–Trinajstić information content (AvgIpc) is 2.25. The number of hydrogen-bond acceptors (Lipinski definition) is 3. The van der Waals surface area contributed by atoms with Crippen molar-refractivity contribution in [1.29, 1.82) is 0 Å². The lowest BCUT2D eigenvalue weighted by molar-refractivity contribution is -0.131. The zero-order valence-electron chi connectivity index (χ0n) is 9.36. The summed E-state index contributed by atoms with van der Waals surface area (Å²) in [5, 5.41) is 1.31. The molecule has 0 radical (unpaired) electrons. The second-order valence-corrected chi connectivity index (χ2v) is 4.55. The molecule has 5 heteroatoms. The van der Waals surface area contributed by atoms with Crippen LogP contribution < -0.4 is 10.3 Å². The lowest BCUT2D eigenvalue weighted by Crippen LogP contribution is -2.16. The highest BCUT2D eigenvalue weighted by atomic mass is 79.9. The summed E-state index contributed by atoms with van der Waals surface area (Å²) in [6, 6.07) is 4.98. The standard InChI is InChI=1S/C12H10BrNO3/c1-7(15)17-8-3-4-9-10(5-8)12(16)14(2)6-11(9)13/h3-6H,1-2H3. The van der Waals surface area contributed by atoms with E-state index < -0.39 is 5.97 Å². The van der Waals surface area contributed by atoms with Crippen molar-refractivity contribution < 1.29 is 9.53 Å². The number of halogens is 1. The van der Waals surface area contributed by atoms with E-state index in [1.165, 1.54) is 11.5 Å². The SMILES string of the molecule is CC(=O)Oc1ccc2c(Br)cn(C)c(=O)c2c1. The fourth-order valence-corrected chi connectivity index (χ4v) is 2.28. The van der Waals surface area contributed by atoms with Gasteiger partial charge in [0.25, 0.3) is 5.56 Å². The number of fused-ring (bicyclic) bond motifs is 1. The minimum Gasteiger partial charge on any atom is -0.427 e. The fraction of sp³-hybridized carbons (Fsp3) is 0.167. The van der Waals surface area contributed by atoms with E-state index in [0.29, 0.717) is 11.1 Å². The van der Waals surface area contributed by atoms with Gasteiger partial charge in [0.1, 0.15) is 5.75 Å². The van der Waals surface area contributed by atoms with Gasteiger partial charge in [-0.25, -0.2) is 0 Å². The van der Waals surface area contributed by atoms with E-state index in [-0.39, 0.29) is 5.56 Å². The van der Waals surface area contributed by atoms with Gasteiger partial charge in [-0.1, -0.05) is 0 Å². The van der Waals surface area contributed by atoms with Crippen LogP contribution in [0.3, 0.4) is 0 Å². The first-order chi connectivity index (χ1) is 7.99. The van der Waals surface area contributed by atoms with Crippen molar-refractivity contribution in [3.63, 3.8) is 0 Å². The first-order valence-corrected chi connectivity index (χ1v) is 5.75. The van der Waals surface area contributed by atoms with Gasteiger partial charge in [-0.05, 0) is 34.1 Å². The number of ether oxygens (including phenoxy) is 1. The summed E-state index contributed by atoms with van der Waals surface area (Å²) in [5.41, 5.74) is -0.128. The number of hydrogen-bond donors (Lipinski definition) is 0. The Labute approximate surface area is 106 Å². The van der Waals surface area contributed by atoms with Crippen LogP contribution in [0.1, 0.15) is 6.92 Å². The summed E-state index contributed by atoms with van der Waals surface area (Å²) in [7, 11) is 1.67. The Hall–Kier alpha value is -1.62. The lowest BCUT2D eigenvalue weighted by Gasteiger charge is -2.06. The van der Waals surface area contributed by atoms with Crippen LogP contribution in [0.4, 0.5) is 0 Å². The van der Waals surface area contributed by atoms with Crippen LogP contribution >= 0.6 is 15.9 Å². The van der Waals surface area contributed by atoms with Crippen LogP contribution in [-0.2, 0) is 11.8 Å². The van der Waals surface area contributed by atoms with Crippen molar-refractivity contribution in [2.45, 2.75) is 6.92 Å². The van der Waals surface area contributed by atoms with Crippen molar-refractivity contribution in [3.05, 3.63) is 39.2 Å². The number of nitrogens with zero attached hydrogens (tertiary/aromatic N) is 1. The smallest absolute Gasteiger partial charge is 0.308 e. The van der Waals surface area contributed by atoms with Crippen molar-refractivity contribution in [2.75, 3.05) is 0 Å². The van der Waals surface area contributed by atoms with Gasteiger partial charge < -0.3 is 9.30 Å². The summed E-state index contributed by atoms with van der Waals surface area (Å²) in [4.78, 5) is 22.8. The Bertz CT molecular complexity index is 661. The molecule has 0 unspecified atom stereocenters. The van der Waals surface area contributed by atoms with Gasteiger partial charge >= 0.3 is 5.97 Å². The molecule has 0 fully saturated rings. The molecular weight excluding hydrogens is 286 g/mol. The zero-order valence-corrected chi connectivity index (χ0v) is 10.9. The minimum atomic E-state index is -0.406. The lowest BCUT2D eigenvalue weighted by atomic mass is 10.1. The molecule has 1 aromatic heterocycles. The van der Waals surface area contributed by atoms with Crippen molar-refractivity contribution in [1.82, 2.24) is 4.57 Å². The quantitative estimate of drug-likeness (QED) is 0.599. The molecule has 0 aliphatic rings. The maximum atomic E-state index is 11.9. The van der Waals surface area contributed by atoms with Crippen LogP contribution in [0.15, 0.2) is 33.7 Å². The molecular formula is C12H10BrNO3. The molecule has 0 atom stereocenters. The molecule has 17 heavy (non-hydrogen) atoms. The summed E-state index contributed by atoms with van der Waals surface area (Å²) in [6.07, 6.45) is 1.70. The van der Waals surface area contributed by atoms with Crippen LogP contribution in [0.5, 0.6) is 5.75 Å². The molecule has 1 aromatic carbocycles. The Morgan fingerprint density at radius 2 is 2.06 bits per heavy atom. The fourth-order valence-electron chi connectivity index (χ4n) is 1.63. The third-order valence-corrected chi connectivity index (χ3v) is 3.00. The van der Waals surface area contributed by atoms with Gasteiger partial charge in [0.05, 0.1) is 5.39 Å². The second kappa shape index (κ2) is 4.33. The number of aromatic nitrogens is 1. The van der Waals surface area contributed by atoms with Crippen molar-refractivity contribution in [3.8, 4) is 5.75 Å². The summed E-state index contributed by atoms with van der Waals surface area (Å²) < 4.78 is 7.25. The Morgan fingerprint density at radius 1 is 1.35 bits per heavy atom. The number of benzene rings is 1. The van der Waals surface area contributed by atoms with Crippen molar-refractivity contribution in [2.24, 2.45) is 7.05 Å². The Kier molecular flexibility index (Phi) is 3.02. The van der Waals surface area contributed by atoms with Gasteiger partial charge in [-0.2, -0.15) is 0 Å². The molecule has 1 heterocycles. The first kappa shape index (κ1) is 11.9. The molecule has 0 aliphatic carbocycles. The maximum Gasteiger partial charge on any atom is 0.308 e.